The smallest absolute Gasteiger partial charge is 0.335 e. The first-order valence-corrected chi connectivity index (χ1v) is 8.43. The second-order valence-electron chi connectivity index (χ2n) is 6.56. The Bertz CT molecular complexity index is 854. The number of nitrogens with zero attached hydrogens (tertiary/aromatic N) is 1. The van der Waals surface area contributed by atoms with E-state index in [0.29, 0.717) is 5.56 Å². The molecule has 0 radical (unpaired) electrons. The van der Waals surface area contributed by atoms with Crippen LogP contribution in [0.25, 0.3) is 0 Å². The third-order valence-corrected chi connectivity index (χ3v) is 5.11. The fourth-order valence-corrected chi connectivity index (χ4v) is 3.90. The van der Waals surface area contributed by atoms with E-state index in [1.165, 1.54) is 0 Å². The van der Waals surface area contributed by atoms with Gasteiger partial charge in [0.2, 0.25) is 0 Å². The lowest BCUT2D eigenvalue weighted by Gasteiger charge is -2.43. The van der Waals surface area contributed by atoms with Gasteiger partial charge in [-0.15, -0.1) is 0 Å². The van der Waals surface area contributed by atoms with Crippen molar-refractivity contribution in [3.63, 3.8) is 0 Å². The molecule has 2 N–H and O–H groups in total. The molecule has 5 nitrogen and oxygen atoms in total. The van der Waals surface area contributed by atoms with Crippen LogP contribution in [0.4, 0.5) is 5.69 Å². The molecule has 2 aromatic carbocycles. The van der Waals surface area contributed by atoms with Crippen LogP contribution in [-0.2, 0) is 4.74 Å². The summed E-state index contributed by atoms with van der Waals surface area (Å²) >= 11 is 0. The highest BCUT2D eigenvalue weighted by atomic mass is 16.5. The first-order chi connectivity index (χ1) is 12.2. The summed E-state index contributed by atoms with van der Waals surface area (Å²) in [6.07, 6.45) is 1.99. The molecule has 126 valence electrons. The number of nitrogens with one attached hydrogen (secondary N) is 1. The Labute approximate surface area is 145 Å². The standard InChI is InChI=1S/C20H18N2O3/c21-11-12-3-8-17-16(10-12)19-15(2-1-9-25-19)18(22-17)13-4-6-14(7-5-13)20(23)24/h3-8,10,15,18-19,22H,1-2,9H2,(H,23,24)/t15-,18-,19-/m1/s1. The quantitative estimate of drug-likeness (QED) is 0.870. The predicted octanol–water partition coefficient (Wildman–Crippen LogP) is 3.89. The predicted molar refractivity (Wildman–Crippen MR) is 92.3 cm³/mol. The zero-order chi connectivity index (χ0) is 17.4. The van der Waals surface area contributed by atoms with Gasteiger partial charge < -0.3 is 15.2 Å². The Hall–Kier alpha value is -2.84. The van der Waals surface area contributed by atoms with Crippen molar-refractivity contribution < 1.29 is 14.6 Å². The van der Waals surface area contributed by atoms with Gasteiger partial charge in [0.05, 0.1) is 29.3 Å². The molecule has 0 aliphatic carbocycles. The SMILES string of the molecule is N#Cc1ccc2c(c1)[C@@H]1OCCC[C@@H]1[C@@H](c1ccc(C(=O)O)cc1)N2. The molecule has 0 unspecified atom stereocenters. The monoisotopic (exact) mass is 334 g/mol. The van der Waals surface area contributed by atoms with E-state index in [-0.39, 0.29) is 23.6 Å². The number of hydrogen-bond acceptors (Lipinski definition) is 4. The number of aromatic carboxylic acids is 1. The van der Waals surface area contributed by atoms with Gasteiger partial charge in [0.25, 0.3) is 0 Å². The fraction of sp³-hybridized carbons (Fsp3) is 0.300. The van der Waals surface area contributed by atoms with Crippen LogP contribution < -0.4 is 5.32 Å². The summed E-state index contributed by atoms with van der Waals surface area (Å²) in [5, 5.41) is 21.8. The molecule has 2 aromatic rings. The number of ether oxygens (including phenoxy) is 1. The normalized spacial score (nSPS) is 24.4. The molecular formula is C20H18N2O3. The van der Waals surface area contributed by atoms with Crippen LogP contribution in [0, 0.1) is 17.2 Å². The van der Waals surface area contributed by atoms with E-state index in [2.05, 4.69) is 11.4 Å². The largest absolute Gasteiger partial charge is 0.478 e. The lowest BCUT2D eigenvalue weighted by molar-refractivity contribution is -0.0381. The first-order valence-electron chi connectivity index (χ1n) is 8.43. The highest BCUT2D eigenvalue weighted by Gasteiger charge is 2.39. The molecular weight excluding hydrogens is 316 g/mol. The fourth-order valence-electron chi connectivity index (χ4n) is 3.90. The average Bonchev–Trinajstić information content (AvgIpc) is 2.67. The van der Waals surface area contributed by atoms with Gasteiger partial charge in [0, 0.05) is 23.8 Å². The Morgan fingerprint density at radius 2 is 2.04 bits per heavy atom. The van der Waals surface area contributed by atoms with Crippen molar-refractivity contribution in [2.75, 3.05) is 11.9 Å². The molecule has 25 heavy (non-hydrogen) atoms. The van der Waals surface area contributed by atoms with Crippen LogP contribution in [0.15, 0.2) is 42.5 Å². The van der Waals surface area contributed by atoms with Gasteiger partial charge in [-0.1, -0.05) is 12.1 Å². The van der Waals surface area contributed by atoms with Crippen LogP contribution in [0.3, 0.4) is 0 Å². The van der Waals surface area contributed by atoms with Crippen LogP contribution in [0.5, 0.6) is 0 Å². The van der Waals surface area contributed by atoms with Crippen molar-refractivity contribution in [2.45, 2.75) is 25.0 Å². The molecule has 1 fully saturated rings. The molecule has 2 aliphatic heterocycles. The third-order valence-electron chi connectivity index (χ3n) is 5.11. The van der Waals surface area contributed by atoms with E-state index in [1.807, 2.05) is 24.3 Å². The number of carboxylic acids is 1. The second-order valence-corrected chi connectivity index (χ2v) is 6.56. The van der Waals surface area contributed by atoms with E-state index in [0.717, 1.165) is 36.3 Å². The maximum absolute atomic E-state index is 11.1. The van der Waals surface area contributed by atoms with Crippen molar-refractivity contribution in [3.05, 3.63) is 64.7 Å². The Kier molecular flexibility index (Phi) is 3.90. The van der Waals surface area contributed by atoms with E-state index in [4.69, 9.17) is 9.84 Å². The van der Waals surface area contributed by atoms with Gasteiger partial charge in [-0.2, -0.15) is 5.26 Å². The summed E-state index contributed by atoms with van der Waals surface area (Å²) < 4.78 is 6.08. The third kappa shape index (κ3) is 2.75. The minimum atomic E-state index is -0.920. The number of fused-ring (bicyclic) bond motifs is 3. The van der Waals surface area contributed by atoms with Crippen molar-refractivity contribution in [3.8, 4) is 6.07 Å². The average molecular weight is 334 g/mol. The summed E-state index contributed by atoms with van der Waals surface area (Å²) in [6.45, 7) is 0.724. The molecule has 0 amide bonds. The molecule has 0 bridgehead atoms. The molecule has 0 saturated carbocycles. The van der Waals surface area contributed by atoms with Crippen LogP contribution in [-0.4, -0.2) is 17.7 Å². The highest BCUT2D eigenvalue weighted by molar-refractivity contribution is 5.87. The lowest BCUT2D eigenvalue weighted by atomic mass is 9.77. The number of anilines is 1. The summed E-state index contributed by atoms with van der Waals surface area (Å²) in [4.78, 5) is 11.1. The maximum atomic E-state index is 11.1. The molecule has 0 spiro atoms. The molecule has 1 saturated heterocycles. The van der Waals surface area contributed by atoms with Crippen LogP contribution in [0.2, 0.25) is 0 Å². The second kappa shape index (κ2) is 6.23. The van der Waals surface area contributed by atoms with Crippen molar-refractivity contribution in [1.82, 2.24) is 0 Å². The number of benzene rings is 2. The van der Waals surface area contributed by atoms with Gasteiger partial charge in [0.1, 0.15) is 0 Å². The molecule has 5 heteroatoms. The summed E-state index contributed by atoms with van der Waals surface area (Å²) in [6, 6.07) is 14.9. The number of rotatable bonds is 2. The molecule has 4 rings (SSSR count). The maximum Gasteiger partial charge on any atom is 0.335 e. The van der Waals surface area contributed by atoms with Gasteiger partial charge >= 0.3 is 5.97 Å². The van der Waals surface area contributed by atoms with Crippen LogP contribution in [0.1, 0.15) is 52.0 Å². The highest BCUT2D eigenvalue weighted by Crippen LogP contribution is 2.49. The zero-order valence-electron chi connectivity index (χ0n) is 13.6. The minimum Gasteiger partial charge on any atom is -0.478 e. The topological polar surface area (TPSA) is 82.3 Å². The van der Waals surface area contributed by atoms with E-state index < -0.39 is 5.97 Å². The zero-order valence-corrected chi connectivity index (χ0v) is 13.6. The van der Waals surface area contributed by atoms with Gasteiger partial charge in [0.15, 0.2) is 0 Å². The summed E-state index contributed by atoms with van der Waals surface area (Å²) in [7, 11) is 0. The minimum absolute atomic E-state index is 0.0394. The lowest BCUT2D eigenvalue weighted by Crippen LogP contribution is -2.36. The van der Waals surface area contributed by atoms with Crippen molar-refractivity contribution in [1.29, 1.82) is 5.26 Å². The van der Waals surface area contributed by atoms with Gasteiger partial charge in [-0.25, -0.2) is 4.79 Å². The molecule has 2 aliphatic rings. The number of carboxylic acid groups (broad SMARTS) is 1. The van der Waals surface area contributed by atoms with Crippen molar-refractivity contribution >= 4 is 11.7 Å². The number of carbonyl (C=O) groups is 1. The molecule has 0 aromatic heterocycles. The summed E-state index contributed by atoms with van der Waals surface area (Å²) in [5.41, 5.74) is 4.00. The summed E-state index contributed by atoms with van der Waals surface area (Å²) in [5.74, 6) is -0.665. The Morgan fingerprint density at radius 1 is 1.24 bits per heavy atom. The number of hydrogen-bond donors (Lipinski definition) is 2. The van der Waals surface area contributed by atoms with E-state index >= 15 is 0 Å². The van der Waals surface area contributed by atoms with Gasteiger partial charge in [-0.3, -0.25) is 0 Å². The van der Waals surface area contributed by atoms with Crippen molar-refractivity contribution in [2.24, 2.45) is 5.92 Å². The Balaban J connectivity index is 1.73. The van der Waals surface area contributed by atoms with Crippen LogP contribution >= 0.6 is 0 Å². The molecule has 3 atom stereocenters. The van der Waals surface area contributed by atoms with E-state index in [1.54, 1.807) is 18.2 Å². The Morgan fingerprint density at radius 3 is 2.76 bits per heavy atom. The first kappa shape index (κ1) is 15.7. The molecule has 2 heterocycles. The van der Waals surface area contributed by atoms with E-state index in [9.17, 15) is 10.1 Å². The number of nitriles is 1. The van der Waals surface area contributed by atoms with Gasteiger partial charge in [-0.05, 0) is 48.7 Å².